The highest BCUT2D eigenvalue weighted by Gasteiger charge is 2.15. The molecule has 8 heteroatoms. The van der Waals surface area contributed by atoms with Gasteiger partial charge >= 0.3 is 0 Å². The van der Waals surface area contributed by atoms with Crippen molar-refractivity contribution in [3.05, 3.63) is 48.7 Å². The molecule has 0 aliphatic heterocycles. The summed E-state index contributed by atoms with van der Waals surface area (Å²) in [5, 5.41) is 4.90. The summed E-state index contributed by atoms with van der Waals surface area (Å²) in [6, 6.07) is 5.83. The van der Waals surface area contributed by atoms with Gasteiger partial charge in [0.05, 0.1) is 30.2 Å². The molecular formula is C16H14N6OS. The molecule has 0 saturated carbocycles. The van der Waals surface area contributed by atoms with Crippen LogP contribution in [0.25, 0.3) is 21.3 Å². The van der Waals surface area contributed by atoms with Crippen LogP contribution in [0.2, 0.25) is 0 Å². The normalized spacial score (nSPS) is 11.0. The Labute approximate surface area is 141 Å². The Bertz CT molecular complexity index is 994. The number of aromatic nitrogens is 5. The van der Waals surface area contributed by atoms with Gasteiger partial charge in [-0.05, 0) is 12.1 Å². The summed E-state index contributed by atoms with van der Waals surface area (Å²) >= 11 is 1.41. The monoisotopic (exact) mass is 338 g/mol. The van der Waals surface area contributed by atoms with Gasteiger partial charge in [0.1, 0.15) is 5.52 Å². The highest BCUT2D eigenvalue weighted by atomic mass is 32.1. The molecule has 0 aliphatic carbocycles. The molecule has 0 radical (unpaired) electrons. The Morgan fingerprint density at radius 3 is 2.96 bits per heavy atom. The van der Waals surface area contributed by atoms with Crippen molar-refractivity contribution in [2.75, 3.05) is 12.8 Å². The van der Waals surface area contributed by atoms with E-state index in [1.54, 1.807) is 19.5 Å². The minimum Gasteiger partial charge on any atom is -0.479 e. The van der Waals surface area contributed by atoms with E-state index < -0.39 is 0 Å². The average molecular weight is 338 g/mol. The number of hydrogen-bond donors (Lipinski definition) is 1. The fraction of sp³-hybridized carbons (Fsp3) is 0.125. The minimum absolute atomic E-state index is 0.475. The number of rotatable bonds is 4. The molecule has 0 amide bonds. The van der Waals surface area contributed by atoms with E-state index in [4.69, 9.17) is 10.5 Å². The van der Waals surface area contributed by atoms with Gasteiger partial charge in [0.15, 0.2) is 5.13 Å². The molecule has 4 rings (SSSR count). The van der Waals surface area contributed by atoms with Crippen molar-refractivity contribution in [3.63, 3.8) is 0 Å². The van der Waals surface area contributed by atoms with Crippen LogP contribution in [0.1, 0.15) is 5.69 Å². The zero-order chi connectivity index (χ0) is 16.5. The Balaban J connectivity index is 1.73. The Morgan fingerprint density at radius 2 is 2.17 bits per heavy atom. The first-order chi connectivity index (χ1) is 11.7. The number of thiazole rings is 1. The standard InChI is InChI=1S/C16H14N6OS/c1-23-15-13-14(24-16(17)21-13)12(7-19-15)10-6-20-22(8-10)9-11-4-2-3-5-18-11/h2-8H,9H2,1H3,(H2,17,21). The van der Waals surface area contributed by atoms with Crippen LogP contribution >= 0.6 is 11.3 Å². The number of nitrogens with zero attached hydrogens (tertiary/aromatic N) is 5. The van der Waals surface area contributed by atoms with Crippen LogP contribution in [0, 0.1) is 0 Å². The number of nitrogen functional groups attached to an aromatic ring is 1. The molecule has 120 valence electrons. The average Bonchev–Trinajstić information content (AvgIpc) is 3.21. The second-order valence-corrected chi connectivity index (χ2v) is 6.19. The van der Waals surface area contributed by atoms with Crippen LogP contribution in [0.3, 0.4) is 0 Å². The lowest BCUT2D eigenvalue weighted by Gasteiger charge is -2.03. The molecule has 0 atom stereocenters. The van der Waals surface area contributed by atoms with Gasteiger partial charge < -0.3 is 10.5 Å². The summed E-state index contributed by atoms with van der Waals surface area (Å²) in [5.41, 5.74) is 9.38. The number of pyridine rings is 2. The minimum atomic E-state index is 0.475. The Kier molecular flexibility index (Phi) is 3.58. The van der Waals surface area contributed by atoms with Crippen LogP contribution in [-0.4, -0.2) is 31.8 Å². The predicted octanol–water partition coefficient (Wildman–Crippen LogP) is 2.59. The smallest absolute Gasteiger partial charge is 0.241 e. The van der Waals surface area contributed by atoms with E-state index in [1.165, 1.54) is 11.3 Å². The van der Waals surface area contributed by atoms with Crippen molar-refractivity contribution in [1.29, 1.82) is 0 Å². The summed E-state index contributed by atoms with van der Waals surface area (Å²) in [6.45, 7) is 0.610. The van der Waals surface area contributed by atoms with E-state index in [2.05, 4.69) is 20.1 Å². The summed E-state index contributed by atoms with van der Waals surface area (Å²) in [7, 11) is 1.57. The second kappa shape index (κ2) is 5.89. The molecule has 0 saturated heterocycles. The van der Waals surface area contributed by atoms with Crippen molar-refractivity contribution in [1.82, 2.24) is 24.7 Å². The van der Waals surface area contributed by atoms with Gasteiger partial charge in [0, 0.05) is 29.7 Å². The van der Waals surface area contributed by atoms with E-state index in [0.717, 1.165) is 21.5 Å². The van der Waals surface area contributed by atoms with Crippen molar-refractivity contribution in [3.8, 4) is 17.0 Å². The van der Waals surface area contributed by atoms with Crippen LogP contribution in [-0.2, 0) is 6.54 Å². The Hall–Kier alpha value is -3.00. The molecule has 2 N–H and O–H groups in total. The molecule has 24 heavy (non-hydrogen) atoms. The van der Waals surface area contributed by atoms with Crippen molar-refractivity contribution in [2.24, 2.45) is 0 Å². The zero-order valence-corrected chi connectivity index (χ0v) is 13.7. The van der Waals surface area contributed by atoms with Crippen molar-refractivity contribution >= 4 is 26.7 Å². The maximum atomic E-state index is 5.86. The van der Waals surface area contributed by atoms with Gasteiger partial charge in [-0.1, -0.05) is 17.4 Å². The highest BCUT2D eigenvalue weighted by Crippen LogP contribution is 2.37. The van der Waals surface area contributed by atoms with E-state index in [0.29, 0.717) is 23.1 Å². The lowest BCUT2D eigenvalue weighted by atomic mass is 10.1. The lowest BCUT2D eigenvalue weighted by molar-refractivity contribution is 0.402. The highest BCUT2D eigenvalue weighted by molar-refractivity contribution is 7.22. The van der Waals surface area contributed by atoms with Crippen molar-refractivity contribution < 1.29 is 4.74 Å². The third-order valence-corrected chi connectivity index (χ3v) is 4.51. The fourth-order valence-electron chi connectivity index (χ4n) is 2.51. The van der Waals surface area contributed by atoms with E-state index in [9.17, 15) is 0 Å². The third kappa shape index (κ3) is 2.56. The molecule has 4 aromatic rings. The molecular weight excluding hydrogens is 324 g/mol. The van der Waals surface area contributed by atoms with Crippen LogP contribution in [0.5, 0.6) is 5.88 Å². The van der Waals surface area contributed by atoms with Crippen LogP contribution < -0.4 is 10.5 Å². The molecule has 4 aromatic heterocycles. The molecule has 0 aromatic carbocycles. The second-order valence-electron chi connectivity index (χ2n) is 5.16. The number of anilines is 1. The van der Waals surface area contributed by atoms with Gasteiger partial charge in [-0.25, -0.2) is 9.97 Å². The maximum Gasteiger partial charge on any atom is 0.241 e. The maximum absolute atomic E-state index is 5.86. The molecule has 0 fully saturated rings. The molecule has 0 unspecified atom stereocenters. The largest absolute Gasteiger partial charge is 0.479 e. The van der Waals surface area contributed by atoms with E-state index in [1.807, 2.05) is 35.3 Å². The lowest BCUT2D eigenvalue weighted by Crippen LogP contribution is -2.01. The predicted molar refractivity (Wildman–Crippen MR) is 92.9 cm³/mol. The van der Waals surface area contributed by atoms with Gasteiger partial charge in [0.2, 0.25) is 5.88 Å². The third-order valence-electron chi connectivity index (χ3n) is 3.59. The molecule has 0 aliphatic rings. The van der Waals surface area contributed by atoms with E-state index >= 15 is 0 Å². The van der Waals surface area contributed by atoms with Gasteiger partial charge in [-0.3, -0.25) is 9.67 Å². The van der Waals surface area contributed by atoms with Gasteiger partial charge in [0.25, 0.3) is 0 Å². The first kappa shape index (κ1) is 14.6. The Morgan fingerprint density at radius 1 is 1.25 bits per heavy atom. The summed E-state index contributed by atoms with van der Waals surface area (Å²) < 4.78 is 8.05. The van der Waals surface area contributed by atoms with Gasteiger partial charge in [-0.2, -0.15) is 5.10 Å². The number of nitrogens with two attached hydrogens (primary N) is 1. The molecule has 4 heterocycles. The van der Waals surface area contributed by atoms with Gasteiger partial charge in [-0.15, -0.1) is 0 Å². The molecule has 7 nitrogen and oxygen atoms in total. The summed E-state index contributed by atoms with van der Waals surface area (Å²) in [4.78, 5) is 13.0. The van der Waals surface area contributed by atoms with Crippen molar-refractivity contribution in [2.45, 2.75) is 6.54 Å². The number of hydrogen-bond acceptors (Lipinski definition) is 7. The molecule has 0 bridgehead atoms. The quantitative estimate of drug-likeness (QED) is 0.615. The first-order valence-corrected chi connectivity index (χ1v) is 8.08. The zero-order valence-electron chi connectivity index (χ0n) is 12.9. The van der Waals surface area contributed by atoms with E-state index in [-0.39, 0.29) is 0 Å². The first-order valence-electron chi connectivity index (χ1n) is 7.26. The number of ether oxygens (including phenoxy) is 1. The summed E-state index contributed by atoms with van der Waals surface area (Å²) in [5.74, 6) is 0.475. The topological polar surface area (TPSA) is 91.7 Å². The van der Waals surface area contributed by atoms with Crippen LogP contribution in [0.15, 0.2) is 43.0 Å². The molecule has 0 spiro atoms. The fourth-order valence-corrected chi connectivity index (χ4v) is 3.37. The number of fused-ring (bicyclic) bond motifs is 1. The van der Waals surface area contributed by atoms with Crippen LogP contribution in [0.4, 0.5) is 5.13 Å². The number of methoxy groups -OCH3 is 1. The summed E-state index contributed by atoms with van der Waals surface area (Å²) in [6.07, 6.45) is 7.31. The SMILES string of the molecule is COc1ncc(-c2cnn(Cc3ccccn3)c2)c2sc(N)nc12.